The number of anilines is 1. The summed E-state index contributed by atoms with van der Waals surface area (Å²) in [6, 6.07) is 6.76. The van der Waals surface area contributed by atoms with Gasteiger partial charge in [-0.3, -0.25) is 4.79 Å². The van der Waals surface area contributed by atoms with Gasteiger partial charge in [0.1, 0.15) is 5.82 Å². The van der Waals surface area contributed by atoms with Gasteiger partial charge in [-0.15, -0.1) is 0 Å². The molecule has 2 N–H and O–H groups in total. The second-order valence-electron chi connectivity index (χ2n) is 6.83. The van der Waals surface area contributed by atoms with Crippen molar-refractivity contribution in [2.24, 2.45) is 0 Å². The summed E-state index contributed by atoms with van der Waals surface area (Å²) in [6.45, 7) is 1.76. The molecule has 0 saturated carbocycles. The van der Waals surface area contributed by atoms with Crippen molar-refractivity contribution in [2.75, 3.05) is 39.1 Å². The van der Waals surface area contributed by atoms with Gasteiger partial charge in [0.2, 0.25) is 5.95 Å². The predicted molar refractivity (Wildman–Crippen MR) is 104 cm³/mol. The number of aromatic nitrogens is 2. The number of nitrogens with zero attached hydrogens (tertiary/aromatic N) is 4. The third kappa shape index (κ3) is 5.87. The van der Waals surface area contributed by atoms with Crippen LogP contribution >= 0.6 is 0 Å². The van der Waals surface area contributed by atoms with E-state index in [0.717, 1.165) is 13.1 Å². The molecule has 1 aliphatic heterocycles. The standard InChI is InChI=1S/C17H20FN5O.C2HF3O2/c1-22(2)16(24)13-6-4-5-12(15(13)18)14-7-8-20-17(21-14)23(3)11-9-19-10-11;3-2(4,5)1(6)7/h4-8,11,19H,9-10H2,1-3H3;(H,6,7). The second-order valence-corrected chi connectivity index (χ2v) is 6.83. The zero-order valence-corrected chi connectivity index (χ0v) is 16.9. The molecule has 3 rings (SSSR count). The first-order valence-corrected chi connectivity index (χ1v) is 9.00. The van der Waals surface area contributed by atoms with Gasteiger partial charge in [0.25, 0.3) is 5.91 Å². The molecule has 2 heterocycles. The molecule has 1 fully saturated rings. The molecule has 0 aliphatic carbocycles. The molecule has 1 saturated heterocycles. The first kappa shape index (κ1) is 24.0. The summed E-state index contributed by atoms with van der Waals surface area (Å²) in [5.41, 5.74) is 0.797. The molecule has 12 heteroatoms. The highest BCUT2D eigenvalue weighted by atomic mass is 19.4. The van der Waals surface area contributed by atoms with Crippen LogP contribution in [-0.2, 0) is 4.79 Å². The normalized spacial score (nSPS) is 13.5. The van der Waals surface area contributed by atoms with Gasteiger partial charge in [-0.1, -0.05) is 6.07 Å². The van der Waals surface area contributed by atoms with Crippen LogP contribution in [0, 0.1) is 5.82 Å². The average Bonchev–Trinajstić information content (AvgIpc) is 2.66. The van der Waals surface area contributed by atoms with Gasteiger partial charge in [-0.25, -0.2) is 19.2 Å². The van der Waals surface area contributed by atoms with Crippen molar-refractivity contribution in [1.29, 1.82) is 0 Å². The Balaban J connectivity index is 0.000000423. The Morgan fingerprint density at radius 3 is 2.26 bits per heavy atom. The fraction of sp³-hybridized carbons (Fsp3) is 0.368. The SMILES string of the molecule is CN(C)C(=O)c1cccc(-c2ccnc(N(C)C3CNC3)n2)c1F.O=C(O)C(F)(F)F. The molecule has 1 aromatic carbocycles. The van der Waals surface area contributed by atoms with Crippen molar-refractivity contribution in [2.45, 2.75) is 12.2 Å². The van der Waals surface area contributed by atoms with Crippen molar-refractivity contribution in [1.82, 2.24) is 20.2 Å². The summed E-state index contributed by atoms with van der Waals surface area (Å²) in [6.07, 6.45) is -3.47. The Bertz CT molecular complexity index is 948. The van der Waals surface area contributed by atoms with Gasteiger partial charge in [0.05, 0.1) is 17.3 Å². The molecule has 1 aliphatic rings. The monoisotopic (exact) mass is 443 g/mol. The van der Waals surface area contributed by atoms with E-state index >= 15 is 0 Å². The molecule has 0 spiro atoms. The highest BCUT2D eigenvalue weighted by Gasteiger charge is 2.38. The first-order valence-electron chi connectivity index (χ1n) is 9.00. The smallest absolute Gasteiger partial charge is 0.475 e. The van der Waals surface area contributed by atoms with Gasteiger partial charge < -0.3 is 20.2 Å². The van der Waals surface area contributed by atoms with Crippen LogP contribution < -0.4 is 10.2 Å². The minimum absolute atomic E-state index is 0.0363. The maximum absolute atomic E-state index is 14.8. The zero-order chi connectivity index (χ0) is 23.3. The average molecular weight is 443 g/mol. The van der Waals surface area contributed by atoms with Crippen molar-refractivity contribution in [3.05, 3.63) is 41.8 Å². The van der Waals surface area contributed by atoms with E-state index in [1.807, 2.05) is 11.9 Å². The van der Waals surface area contributed by atoms with Crippen LogP contribution in [0.2, 0.25) is 0 Å². The van der Waals surface area contributed by atoms with Gasteiger partial charge in [-0.2, -0.15) is 13.2 Å². The van der Waals surface area contributed by atoms with Crippen molar-refractivity contribution in [3.63, 3.8) is 0 Å². The molecule has 1 aromatic heterocycles. The molecule has 0 radical (unpaired) electrons. The Kier molecular flexibility index (Phi) is 7.50. The molecule has 0 bridgehead atoms. The van der Waals surface area contributed by atoms with Gasteiger partial charge in [0.15, 0.2) is 0 Å². The summed E-state index contributed by atoms with van der Waals surface area (Å²) in [5, 5.41) is 10.3. The summed E-state index contributed by atoms with van der Waals surface area (Å²) in [4.78, 5) is 33.1. The van der Waals surface area contributed by atoms with Crippen molar-refractivity contribution in [3.8, 4) is 11.3 Å². The van der Waals surface area contributed by atoms with E-state index in [0.29, 0.717) is 23.2 Å². The van der Waals surface area contributed by atoms with Gasteiger partial charge in [0, 0.05) is 46.0 Å². The van der Waals surface area contributed by atoms with Crippen molar-refractivity contribution >= 4 is 17.8 Å². The number of carbonyl (C=O) groups excluding carboxylic acids is 1. The number of aliphatic carboxylic acids is 1. The van der Waals surface area contributed by atoms with Crippen LogP contribution in [0.3, 0.4) is 0 Å². The number of alkyl halides is 3. The summed E-state index contributed by atoms with van der Waals surface area (Å²) in [7, 11) is 5.12. The molecule has 8 nitrogen and oxygen atoms in total. The fourth-order valence-electron chi connectivity index (χ4n) is 2.51. The van der Waals surface area contributed by atoms with E-state index in [2.05, 4.69) is 15.3 Å². The molecule has 0 unspecified atom stereocenters. The number of hydrogen-bond acceptors (Lipinski definition) is 6. The Labute approximate surface area is 175 Å². The highest BCUT2D eigenvalue weighted by Crippen LogP contribution is 2.25. The maximum Gasteiger partial charge on any atom is 0.490 e. The maximum atomic E-state index is 14.8. The number of carboxylic acid groups (broad SMARTS) is 1. The largest absolute Gasteiger partial charge is 0.490 e. The van der Waals surface area contributed by atoms with E-state index in [4.69, 9.17) is 9.90 Å². The molecule has 0 atom stereocenters. The number of halogens is 4. The van der Waals surface area contributed by atoms with Crippen molar-refractivity contribution < 1.29 is 32.3 Å². The number of amides is 1. The quantitative estimate of drug-likeness (QED) is 0.698. The van der Waals surface area contributed by atoms with E-state index < -0.39 is 18.0 Å². The molecule has 2 aromatic rings. The third-order valence-corrected chi connectivity index (χ3v) is 4.42. The van der Waals surface area contributed by atoms with E-state index in [9.17, 15) is 22.4 Å². The highest BCUT2D eigenvalue weighted by molar-refractivity contribution is 5.95. The van der Waals surface area contributed by atoms with Crippen LogP contribution in [0.25, 0.3) is 11.3 Å². The third-order valence-electron chi connectivity index (χ3n) is 4.42. The lowest BCUT2D eigenvalue weighted by Gasteiger charge is -2.35. The minimum atomic E-state index is -5.08. The predicted octanol–water partition coefficient (Wildman–Crippen LogP) is 2.03. The lowest BCUT2D eigenvalue weighted by molar-refractivity contribution is -0.192. The minimum Gasteiger partial charge on any atom is -0.475 e. The second kappa shape index (κ2) is 9.69. The zero-order valence-electron chi connectivity index (χ0n) is 16.9. The van der Waals surface area contributed by atoms with E-state index in [1.54, 1.807) is 38.5 Å². The van der Waals surface area contributed by atoms with Gasteiger partial charge in [-0.05, 0) is 18.2 Å². The summed E-state index contributed by atoms with van der Waals surface area (Å²) < 4.78 is 46.5. The molecular formula is C19H21F4N5O3. The number of carbonyl (C=O) groups is 2. The van der Waals surface area contributed by atoms with Crippen LogP contribution in [0.4, 0.5) is 23.5 Å². The fourth-order valence-corrected chi connectivity index (χ4v) is 2.51. The number of likely N-dealkylation sites (N-methyl/N-ethyl adjacent to an activating group) is 1. The Morgan fingerprint density at radius 2 is 1.77 bits per heavy atom. The molecule has 168 valence electrons. The Hall–Kier alpha value is -3.28. The molecular weight excluding hydrogens is 422 g/mol. The van der Waals surface area contributed by atoms with E-state index in [1.165, 1.54) is 11.0 Å². The van der Waals surface area contributed by atoms with Crippen LogP contribution in [-0.4, -0.2) is 78.3 Å². The lowest BCUT2D eigenvalue weighted by Crippen LogP contribution is -2.56. The number of rotatable bonds is 4. The number of hydrogen-bond donors (Lipinski definition) is 2. The summed E-state index contributed by atoms with van der Waals surface area (Å²) >= 11 is 0. The summed E-state index contributed by atoms with van der Waals surface area (Å²) in [5.74, 6) is -3.15. The Morgan fingerprint density at radius 1 is 1.16 bits per heavy atom. The molecule has 1 amide bonds. The first-order chi connectivity index (χ1) is 14.4. The van der Waals surface area contributed by atoms with E-state index in [-0.39, 0.29) is 11.5 Å². The van der Waals surface area contributed by atoms with Crippen LogP contribution in [0.1, 0.15) is 10.4 Å². The lowest BCUT2D eigenvalue weighted by atomic mass is 10.1. The molecule has 31 heavy (non-hydrogen) atoms. The van der Waals surface area contributed by atoms with Crippen LogP contribution in [0.5, 0.6) is 0 Å². The van der Waals surface area contributed by atoms with Gasteiger partial charge >= 0.3 is 12.1 Å². The number of carboxylic acids is 1. The van der Waals surface area contributed by atoms with Crippen LogP contribution in [0.15, 0.2) is 30.5 Å². The number of nitrogens with one attached hydrogen (secondary N) is 1. The number of benzene rings is 1. The topological polar surface area (TPSA) is 98.7 Å².